The number of carbonyl (C=O) groups is 1. The third-order valence-electron chi connectivity index (χ3n) is 5.97. The minimum Gasteiger partial charge on any atom is -0.354 e. The van der Waals surface area contributed by atoms with Gasteiger partial charge in [-0.2, -0.15) is 5.10 Å². The summed E-state index contributed by atoms with van der Waals surface area (Å²) >= 11 is 0. The lowest BCUT2D eigenvalue weighted by Crippen LogP contribution is -2.31. The molecule has 2 aromatic heterocycles. The summed E-state index contributed by atoms with van der Waals surface area (Å²) in [6.07, 6.45) is 7.12. The lowest BCUT2D eigenvalue weighted by molar-refractivity contribution is 0.249. The molecule has 2 heterocycles. The van der Waals surface area contributed by atoms with Crippen LogP contribution in [-0.4, -0.2) is 34.3 Å². The molecule has 3 aromatic rings. The summed E-state index contributed by atoms with van der Waals surface area (Å²) in [6.45, 7) is 4.12. The van der Waals surface area contributed by atoms with Crippen molar-refractivity contribution < 1.29 is 4.79 Å². The van der Waals surface area contributed by atoms with Gasteiger partial charge >= 0.3 is 6.03 Å². The van der Waals surface area contributed by atoms with Crippen molar-refractivity contribution in [3.05, 3.63) is 48.2 Å². The molecule has 0 aliphatic heterocycles. The minimum atomic E-state index is -0.276. The fraction of sp³-hybridized carbons (Fsp3) is 0.435. The van der Waals surface area contributed by atoms with Gasteiger partial charge in [0.2, 0.25) is 0 Å². The van der Waals surface area contributed by atoms with Gasteiger partial charge in [-0.25, -0.2) is 9.78 Å². The molecule has 0 radical (unpaired) electrons. The molecule has 156 valence electrons. The Bertz CT molecular complexity index is 1010. The number of urea groups is 1. The van der Waals surface area contributed by atoms with E-state index in [4.69, 9.17) is 0 Å². The lowest BCUT2D eigenvalue weighted by Gasteiger charge is -2.22. The summed E-state index contributed by atoms with van der Waals surface area (Å²) in [5.74, 6) is 3.11. The number of hydrogen-bond donors (Lipinski definition) is 3. The van der Waals surface area contributed by atoms with E-state index < -0.39 is 0 Å². The van der Waals surface area contributed by atoms with E-state index in [9.17, 15) is 4.79 Å². The highest BCUT2D eigenvalue weighted by molar-refractivity contribution is 5.94. The van der Waals surface area contributed by atoms with Crippen molar-refractivity contribution in [2.45, 2.75) is 38.6 Å². The molecular formula is C23H28N6O. The van der Waals surface area contributed by atoms with Crippen LogP contribution in [0, 0.1) is 11.8 Å². The van der Waals surface area contributed by atoms with Crippen LogP contribution in [0.15, 0.2) is 42.6 Å². The number of fused-ring (bicyclic) bond motifs is 1. The second kappa shape index (κ2) is 7.97. The van der Waals surface area contributed by atoms with Crippen molar-refractivity contribution in [1.82, 2.24) is 20.5 Å². The van der Waals surface area contributed by atoms with Gasteiger partial charge in [0, 0.05) is 25.4 Å². The summed E-state index contributed by atoms with van der Waals surface area (Å²) in [5.41, 5.74) is 1.95. The van der Waals surface area contributed by atoms with Gasteiger partial charge in [-0.15, -0.1) is 0 Å². The molecule has 0 spiro atoms. The fourth-order valence-electron chi connectivity index (χ4n) is 3.85. The van der Waals surface area contributed by atoms with Crippen molar-refractivity contribution in [1.29, 1.82) is 0 Å². The van der Waals surface area contributed by atoms with Gasteiger partial charge in [0.15, 0.2) is 5.82 Å². The predicted molar refractivity (Wildman–Crippen MR) is 119 cm³/mol. The number of nitrogens with zero attached hydrogens (tertiary/aromatic N) is 3. The third-order valence-corrected chi connectivity index (χ3v) is 5.97. The van der Waals surface area contributed by atoms with Crippen molar-refractivity contribution in [3.63, 3.8) is 0 Å². The van der Waals surface area contributed by atoms with E-state index in [0.29, 0.717) is 5.82 Å². The number of anilines is 2. The fourth-order valence-corrected chi connectivity index (χ4v) is 3.85. The van der Waals surface area contributed by atoms with Crippen LogP contribution >= 0.6 is 0 Å². The quantitative estimate of drug-likeness (QED) is 0.517. The van der Waals surface area contributed by atoms with Gasteiger partial charge < -0.3 is 10.2 Å². The zero-order chi connectivity index (χ0) is 20.5. The Morgan fingerprint density at radius 2 is 1.87 bits per heavy atom. The number of carbonyl (C=O) groups excluding carboxylic acids is 1. The largest absolute Gasteiger partial charge is 0.354 e. The van der Waals surface area contributed by atoms with E-state index in [1.807, 2.05) is 49.5 Å². The molecule has 1 atom stereocenters. The Kier molecular flexibility index (Phi) is 5.02. The van der Waals surface area contributed by atoms with Crippen LogP contribution in [0.4, 0.5) is 16.4 Å². The molecule has 7 heteroatoms. The van der Waals surface area contributed by atoms with Crippen LogP contribution in [0.2, 0.25) is 0 Å². The molecular weight excluding hydrogens is 376 g/mol. The van der Waals surface area contributed by atoms with Gasteiger partial charge in [0.05, 0.1) is 16.9 Å². The molecule has 0 bridgehead atoms. The van der Waals surface area contributed by atoms with E-state index in [-0.39, 0.29) is 12.1 Å². The highest BCUT2D eigenvalue weighted by atomic mass is 16.2. The van der Waals surface area contributed by atoms with Crippen LogP contribution in [0.3, 0.4) is 0 Å². The standard InChI is InChI=1S/C23H28N6O/c1-15(18-5-3-2-4-6-18)25-23(30)26-21-11-20-19(12-24-21)22(28-27-20)29(13-16-7-8-16)14-17-9-10-17/h2-6,11-12,15-17H,7-10,13-14H2,1H3,(H,27,28)(H2,24,25,26,30). The zero-order valence-corrected chi connectivity index (χ0v) is 17.3. The minimum absolute atomic E-state index is 0.0907. The molecule has 0 saturated heterocycles. The number of nitrogens with one attached hydrogen (secondary N) is 3. The lowest BCUT2D eigenvalue weighted by atomic mass is 10.1. The first-order valence-electron chi connectivity index (χ1n) is 10.9. The third kappa shape index (κ3) is 4.40. The van der Waals surface area contributed by atoms with E-state index in [1.54, 1.807) is 0 Å². The molecule has 1 unspecified atom stereocenters. The Morgan fingerprint density at radius 3 is 2.53 bits per heavy atom. The molecule has 3 N–H and O–H groups in total. The smallest absolute Gasteiger partial charge is 0.320 e. The SMILES string of the molecule is CC(NC(=O)Nc1cc2[nH]nc(N(CC3CC3)CC3CC3)c2cn1)c1ccccc1. The first-order chi connectivity index (χ1) is 14.7. The molecule has 2 saturated carbocycles. The maximum atomic E-state index is 12.4. The van der Waals surface area contributed by atoms with Crippen LogP contribution in [0.1, 0.15) is 44.2 Å². The second-order valence-corrected chi connectivity index (χ2v) is 8.68. The molecule has 2 fully saturated rings. The number of aromatic amines is 1. The molecule has 2 aliphatic carbocycles. The summed E-state index contributed by atoms with van der Waals surface area (Å²) in [4.78, 5) is 19.3. The Hall–Kier alpha value is -3.09. The maximum absolute atomic E-state index is 12.4. The van der Waals surface area contributed by atoms with Crippen LogP contribution < -0.4 is 15.5 Å². The molecule has 5 rings (SSSR count). The van der Waals surface area contributed by atoms with Gasteiger partial charge in [-0.1, -0.05) is 30.3 Å². The Labute approximate surface area is 176 Å². The zero-order valence-electron chi connectivity index (χ0n) is 17.3. The summed E-state index contributed by atoms with van der Waals surface area (Å²) in [6, 6.07) is 11.4. The maximum Gasteiger partial charge on any atom is 0.320 e. The van der Waals surface area contributed by atoms with Gasteiger partial charge in [0.25, 0.3) is 0 Å². The van der Waals surface area contributed by atoms with Gasteiger partial charge in [-0.05, 0) is 50.0 Å². The van der Waals surface area contributed by atoms with E-state index >= 15 is 0 Å². The first kappa shape index (κ1) is 18.9. The topological polar surface area (TPSA) is 85.9 Å². The van der Waals surface area contributed by atoms with E-state index in [1.165, 1.54) is 25.7 Å². The van der Waals surface area contributed by atoms with Crippen LogP contribution in [-0.2, 0) is 0 Å². The number of aromatic nitrogens is 3. The average Bonchev–Trinajstić information content (AvgIpc) is 3.68. The van der Waals surface area contributed by atoms with Crippen LogP contribution in [0.25, 0.3) is 10.9 Å². The normalized spacial score (nSPS) is 17.0. The first-order valence-corrected chi connectivity index (χ1v) is 10.9. The molecule has 7 nitrogen and oxygen atoms in total. The van der Waals surface area contributed by atoms with Crippen LogP contribution in [0.5, 0.6) is 0 Å². The highest BCUT2D eigenvalue weighted by Gasteiger charge is 2.31. The van der Waals surface area contributed by atoms with Gasteiger partial charge in [0.1, 0.15) is 5.82 Å². The predicted octanol–water partition coefficient (Wildman–Crippen LogP) is 4.47. The number of H-pyrrole nitrogens is 1. The molecule has 1 aromatic carbocycles. The highest BCUT2D eigenvalue weighted by Crippen LogP contribution is 2.37. The molecule has 2 aliphatic rings. The number of hydrogen-bond acceptors (Lipinski definition) is 4. The average molecular weight is 405 g/mol. The Morgan fingerprint density at radius 1 is 1.17 bits per heavy atom. The van der Waals surface area contributed by atoms with Crippen molar-refractivity contribution in [2.75, 3.05) is 23.3 Å². The molecule has 2 amide bonds. The monoisotopic (exact) mass is 404 g/mol. The summed E-state index contributed by atoms with van der Waals surface area (Å²) in [5, 5.41) is 14.5. The van der Waals surface area contributed by atoms with E-state index in [0.717, 1.165) is 47.2 Å². The van der Waals surface area contributed by atoms with Crippen molar-refractivity contribution >= 4 is 28.6 Å². The number of pyridine rings is 1. The van der Waals surface area contributed by atoms with Crippen molar-refractivity contribution in [2.24, 2.45) is 11.8 Å². The summed E-state index contributed by atoms with van der Waals surface area (Å²) in [7, 11) is 0. The second-order valence-electron chi connectivity index (χ2n) is 8.68. The number of benzene rings is 1. The van der Waals surface area contributed by atoms with Gasteiger partial charge in [-0.3, -0.25) is 10.4 Å². The number of rotatable bonds is 8. The number of amides is 2. The van der Waals surface area contributed by atoms with Crippen molar-refractivity contribution in [3.8, 4) is 0 Å². The Balaban J connectivity index is 1.27. The summed E-state index contributed by atoms with van der Waals surface area (Å²) < 4.78 is 0. The molecule has 30 heavy (non-hydrogen) atoms. The van der Waals surface area contributed by atoms with E-state index in [2.05, 4.69) is 30.7 Å².